The SMILES string of the molecule is Cc1cnc2c(c1)S(=O)(=O)N(Cc1cc(C(c3ccn4c(C(F)(F)F)nnc4c3C)C(C)(C)C(=O)O)cnc1C)CCCOCCO2. The van der Waals surface area contributed by atoms with Crippen molar-refractivity contribution in [3.63, 3.8) is 0 Å². The number of carbonyl (C=O) groups is 1. The lowest BCUT2D eigenvalue weighted by Crippen LogP contribution is -2.34. The van der Waals surface area contributed by atoms with Crippen LogP contribution in [0.25, 0.3) is 5.65 Å². The number of halogens is 3. The molecular formula is C31H35F3N6O6S. The first-order valence-electron chi connectivity index (χ1n) is 14.8. The normalized spacial score (nSPS) is 17.0. The Morgan fingerprint density at radius 2 is 1.81 bits per heavy atom. The number of carboxylic acids is 1. The van der Waals surface area contributed by atoms with Crippen LogP contribution in [0.5, 0.6) is 5.88 Å². The lowest BCUT2D eigenvalue weighted by molar-refractivity contribution is -0.147. The Balaban J connectivity index is 1.62. The molecule has 0 aromatic carbocycles. The van der Waals surface area contributed by atoms with E-state index >= 15 is 0 Å². The van der Waals surface area contributed by atoms with Gasteiger partial charge in [0.25, 0.3) is 0 Å². The molecule has 4 aromatic heterocycles. The zero-order valence-corrected chi connectivity index (χ0v) is 27.3. The van der Waals surface area contributed by atoms with Crippen molar-refractivity contribution in [2.75, 3.05) is 26.4 Å². The van der Waals surface area contributed by atoms with E-state index in [1.165, 1.54) is 48.9 Å². The highest BCUT2D eigenvalue weighted by Crippen LogP contribution is 2.44. The van der Waals surface area contributed by atoms with Crippen LogP contribution in [0.15, 0.2) is 41.7 Å². The average Bonchev–Trinajstić information content (AvgIpc) is 3.44. The van der Waals surface area contributed by atoms with Crippen LogP contribution in [0.4, 0.5) is 13.2 Å². The molecule has 12 nitrogen and oxygen atoms in total. The Hall–Kier alpha value is -4.15. The lowest BCUT2D eigenvalue weighted by Gasteiger charge is -2.33. The molecule has 0 amide bonds. The third kappa shape index (κ3) is 6.67. The van der Waals surface area contributed by atoms with E-state index in [-0.39, 0.29) is 42.7 Å². The van der Waals surface area contributed by atoms with Crippen molar-refractivity contribution in [2.45, 2.75) is 64.6 Å². The minimum absolute atomic E-state index is 0.0361. The first-order chi connectivity index (χ1) is 22.0. The number of aliphatic carboxylic acids is 1. The summed E-state index contributed by atoms with van der Waals surface area (Å²) >= 11 is 0. The number of nitrogens with zero attached hydrogens (tertiary/aromatic N) is 6. The summed E-state index contributed by atoms with van der Waals surface area (Å²) in [7, 11) is -4.15. The minimum Gasteiger partial charge on any atom is -0.481 e. The maximum Gasteiger partial charge on any atom is 0.452 e. The van der Waals surface area contributed by atoms with Crippen molar-refractivity contribution >= 4 is 21.6 Å². The average molecular weight is 677 g/mol. The summed E-state index contributed by atoms with van der Waals surface area (Å²) in [6, 6.07) is 4.64. The lowest BCUT2D eigenvalue weighted by atomic mass is 9.70. The molecule has 1 aliphatic heterocycles. The minimum atomic E-state index is -4.75. The van der Waals surface area contributed by atoms with Crippen LogP contribution >= 0.6 is 0 Å². The number of rotatable bonds is 6. The monoisotopic (exact) mass is 676 g/mol. The first-order valence-corrected chi connectivity index (χ1v) is 16.2. The molecule has 0 saturated heterocycles. The highest BCUT2D eigenvalue weighted by Gasteiger charge is 2.42. The standard InChI is InChI=1S/C31H35F3N6O6S/c1-18-13-24-27(36-15-18)46-12-11-45-10-6-8-39(47(24,43)44)17-22-14-21(16-35-20(22)3)25(30(4,5)29(41)42)23-7-9-40-26(19(23)2)37-38-28(40)31(32,33)34/h7,9,13-16,25H,6,8,10-12,17H2,1-5H3,(H,41,42). The van der Waals surface area contributed by atoms with E-state index in [0.717, 1.165) is 4.40 Å². The predicted octanol–water partition coefficient (Wildman–Crippen LogP) is 4.70. The van der Waals surface area contributed by atoms with Gasteiger partial charge >= 0.3 is 12.1 Å². The van der Waals surface area contributed by atoms with E-state index in [1.54, 1.807) is 26.8 Å². The van der Waals surface area contributed by atoms with E-state index in [2.05, 4.69) is 20.2 Å². The molecule has 0 fully saturated rings. The van der Waals surface area contributed by atoms with E-state index < -0.39 is 39.3 Å². The number of ether oxygens (including phenoxy) is 2. The van der Waals surface area contributed by atoms with Gasteiger partial charge in [-0.25, -0.2) is 13.4 Å². The largest absolute Gasteiger partial charge is 0.481 e. The summed E-state index contributed by atoms with van der Waals surface area (Å²) < 4.78 is 82.3. The number of sulfonamides is 1. The van der Waals surface area contributed by atoms with Gasteiger partial charge in [-0.1, -0.05) is 6.07 Å². The molecule has 1 N–H and O–H groups in total. The number of hydrogen-bond donors (Lipinski definition) is 1. The number of carboxylic acid groups (broad SMARTS) is 1. The molecule has 16 heteroatoms. The highest BCUT2D eigenvalue weighted by atomic mass is 32.2. The molecule has 5 rings (SSSR count). The van der Waals surface area contributed by atoms with Crippen molar-refractivity contribution in [3.05, 3.63) is 76.1 Å². The fraction of sp³-hybridized carbons (Fsp3) is 0.452. The van der Waals surface area contributed by atoms with Gasteiger partial charge < -0.3 is 14.6 Å². The summed E-state index contributed by atoms with van der Waals surface area (Å²) in [6.45, 7) is 8.71. The Kier molecular flexibility index (Phi) is 9.32. The zero-order chi connectivity index (χ0) is 34.3. The molecule has 4 aromatic rings. The van der Waals surface area contributed by atoms with Crippen LogP contribution in [-0.2, 0) is 32.3 Å². The third-order valence-electron chi connectivity index (χ3n) is 8.33. The second kappa shape index (κ2) is 12.8. The van der Waals surface area contributed by atoms with Crippen molar-refractivity contribution in [3.8, 4) is 5.88 Å². The van der Waals surface area contributed by atoms with E-state index in [0.29, 0.717) is 46.5 Å². The van der Waals surface area contributed by atoms with Gasteiger partial charge in [0.1, 0.15) is 11.5 Å². The maximum atomic E-state index is 14.1. The summed E-state index contributed by atoms with van der Waals surface area (Å²) in [4.78, 5) is 21.3. The number of fused-ring (bicyclic) bond motifs is 2. The Bertz CT molecular complexity index is 1930. The second-order valence-electron chi connectivity index (χ2n) is 12.1. The predicted molar refractivity (Wildman–Crippen MR) is 162 cm³/mol. The zero-order valence-electron chi connectivity index (χ0n) is 26.5. The van der Waals surface area contributed by atoms with Crippen LogP contribution < -0.4 is 4.74 Å². The summed E-state index contributed by atoms with van der Waals surface area (Å²) in [5, 5.41) is 17.4. The molecule has 0 spiro atoms. The quantitative estimate of drug-likeness (QED) is 0.305. The van der Waals surface area contributed by atoms with E-state index in [9.17, 15) is 31.5 Å². The molecule has 0 radical (unpaired) electrons. The number of alkyl halides is 3. The van der Waals surface area contributed by atoms with Gasteiger partial charge in [-0.3, -0.25) is 14.2 Å². The number of hydrogen-bond acceptors (Lipinski definition) is 9. The van der Waals surface area contributed by atoms with Gasteiger partial charge in [0.2, 0.25) is 21.7 Å². The summed E-state index contributed by atoms with van der Waals surface area (Å²) in [6.07, 6.45) is -0.156. The third-order valence-corrected chi connectivity index (χ3v) is 10.2. The van der Waals surface area contributed by atoms with Crippen LogP contribution in [0.1, 0.15) is 65.5 Å². The molecule has 0 saturated carbocycles. The molecule has 1 unspecified atom stereocenters. The molecule has 252 valence electrons. The van der Waals surface area contributed by atoms with Crippen LogP contribution in [0, 0.1) is 26.2 Å². The van der Waals surface area contributed by atoms with Gasteiger partial charge in [0.05, 0.1) is 12.0 Å². The highest BCUT2D eigenvalue weighted by molar-refractivity contribution is 7.89. The van der Waals surface area contributed by atoms with Crippen molar-refractivity contribution in [1.29, 1.82) is 0 Å². The van der Waals surface area contributed by atoms with E-state index in [4.69, 9.17) is 9.47 Å². The van der Waals surface area contributed by atoms with Gasteiger partial charge in [-0.2, -0.15) is 17.5 Å². The Morgan fingerprint density at radius 3 is 2.51 bits per heavy atom. The number of pyridine rings is 3. The topological polar surface area (TPSA) is 149 Å². The Labute approximate surface area is 269 Å². The molecular weight excluding hydrogens is 641 g/mol. The van der Waals surface area contributed by atoms with Gasteiger partial charge in [-0.15, -0.1) is 10.2 Å². The van der Waals surface area contributed by atoms with Gasteiger partial charge in [0, 0.05) is 49.9 Å². The molecule has 1 atom stereocenters. The van der Waals surface area contributed by atoms with E-state index in [1.807, 2.05) is 0 Å². The summed E-state index contributed by atoms with van der Waals surface area (Å²) in [5.41, 5.74) is 1.26. The second-order valence-corrected chi connectivity index (χ2v) is 14.0. The first kappa shape index (κ1) is 34.2. The summed E-state index contributed by atoms with van der Waals surface area (Å²) in [5.74, 6) is -3.31. The van der Waals surface area contributed by atoms with Crippen LogP contribution in [0.3, 0.4) is 0 Å². The molecule has 0 aliphatic carbocycles. The van der Waals surface area contributed by atoms with Gasteiger partial charge in [0.15, 0.2) is 5.65 Å². The molecule has 5 heterocycles. The van der Waals surface area contributed by atoms with Crippen molar-refractivity contribution in [2.24, 2.45) is 5.41 Å². The van der Waals surface area contributed by atoms with Crippen LogP contribution in [0.2, 0.25) is 0 Å². The molecule has 47 heavy (non-hydrogen) atoms. The van der Waals surface area contributed by atoms with Crippen molar-refractivity contribution in [1.82, 2.24) is 28.9 Å². The fourth-order valence-corrected chi connectivity index (χ4v) is 7.33. The fourth-order valence-electron chi connectivity index (χ4n) is 5.71. The number of aryl methyl sites for hydroxylation is 3. The number of aromatic nitrogens is 5. The van der Waals surface area contributed by atoms with Crippen LogP contribution in [-0.4, -0.2) is 74.7 Å². The smallest absolute Gasteiger partial charge is 0.452 e. The van der Waals surface area contributed by atoms with Crippen molar-refractivity contribution < 1.29 is 41.0 Å². The maximum absolute atomic E-state index is 14.1. The Morgan fingerprint density at radius 1 is 1.06 bits per heavy atom. The van der Waals surface area contributed by atoms with Gasteiger partial charge in [-0.05, 0) is 81.0 Å². The molecule has 0 bridgehead atoms. The molecule has 1 aliphatic rings.